The Morgan fingerprint density at radius 1 is 1.15 bits per heavy atom. The summed E-state index contributed by atoms with van der Waals surface area (Å²) in [5, 5.41) is 7.11. The van der Waals surface area contributed by atoms with Crippen LogP contribution in [0.2, 0.25) is 0 Å². The number of nitrogens with one attached hydrogen (secondary N) is 2. The molecule has 2 N–H and O–H groups in total. The van der Waals surface area contributed by atoms with E-state index >= 15 is 0 Å². The van der Waals surface area contributed by atoms with Gasteiger partial charge < -0.3 is 20.4 Å². The highest BCUT2D eigenvalue weighted by molar-refractivity contribution is 9.10. The van der Waals surface area contributed by atoms with Crippen LogP contribution in [0.1, 0.15) is 32.1 Å². The van der Waals surface area contributed by atoms with Crippen molar-refractivity contribution in [3.05, 3.63) is 28.7 Å². The van der Waals surface area contributed by atoms with Gasteiger partial charge in [0, 0.05) is 49.4 Å². The Labute approximate surface area is 170 Å². The number of nitrogens with zero attached hydrogens (tertiary/aromatic N) is 3. The van der Waals surface area contributed by atoms with Crippen LogP contribution in [0.3, 0.4) is 0 Å². The summed E-state index contributed by atoms with van der Waals surface area (Å²) in [6, 6.07) is 9.25. The molecule has 1 saturated carbocycles. The van der Waals surface area contributed by atoms with E-state index in [0.29, 0.717) is 12.1 Å². The molecule has 1 saturated heterocycles. The number of guanidine groups is 1. The van der Waals surface area contributed by atoms with Gasteiger partial charge in [0.25, 0.3) is 0 Å². The first-order chi connectivity index (χ1) is 13.0. The summed E-state index contributed by atoms with van der Waals surface area (Å²) in [5.74, 6) is 0.796. The molecule has 0 radical (unpaired) electrons. The highest BCUT2D eigenvalue weighted by Crippen LogP contribution is 2.23. The number of anilines is 1. The summed E-state index contributed by atoms with van der Waals surface area (Å²) in [7, 11) is 3.53. The molecular formula is C20H30BrN5O. The lowest BCUT2D eigenvalue weighted by molar-refractivity contribution is -0.127. The lowest BCUT2D eigenvalue weighted by Crippen LogP contribution is -2.48. The Hall–Kier alpha value is -1.76. The van der Waals surface area contributed by atoms with Crippen LogP contribution in [0, 0.1) is 0 Å². The third-order valence-electron chi connectivity index (χ3n) is 5.29. The van der Waals surface area contributed by atoms with Crippen LogP contribution in [0.4, 0.5) is 5.69 Å². The molecule has 148 valence electrons. The van der Waals surface area contributed by atoms with Gasteiger partial charge >= 0.3 is 0 Å². The average Bonchev–Trinajstić information content (AvgIpc) is 3.32. The Morgan fingerprint density at radius 3 is 2.48 bits per heavy atom. The molecule has 27 heavy (non-hydrogen) atoms. The molecule has 1 amide bonds. The number of carbonyl (C=O) groups excluding carboxylic acids is 1. The summed E-state index contributed by atoms with van der Waals surface area (Å²) < 4.78 is 1.10. The molecule has 1 aromatic rings. The van der Waals surface area contributed by atoms with Gasteiger partial charge in [-0.2, -0.15) is 0 Å². The third-order valence-corrected chi connectivity index (χ3v) is 5.82. The fraction of sp³-hybridized carbons (Fsp3) is 0.600. The van der Waals surface area contributed by atoms with Crippen LogP contribution < -0.4 is 15.5 Å². The SMILES string of the molecule is CN(C)C(=O)CN=C(NC1CCCC1)NC1CCN(c2ccc(Br)cc2)C1. The first-order valence-corrected chi connectivity index (χ1v) is 10.6. The molecular weight excluding hydrogens is 406 g/mol. The van der Waals surface area contributed by atoms with E-state index in [1.165, 1.54) is 31.4 Å². The molecule has 0 aromatic heterocycles. The summed E-state index contributed by atoms with van der Waals surface area (Å²) in [5.41, 5.74) is 1.24. The van der Waals surface area contributed by atoms with E-state index in [1.54, 1.807) is 19.0 Å². The zero-order chi connectivity index (χ0) is 19.2. The lowest BCUT2D eigenvalue weighted by Gasteiger charge is -2.22. The second kappa shape index (κ2) is 9.44. The zero-order valence-corrected chi connectivity index (χ0v) is 17.8. The zero-order valence-electron chi connectivity index (χ0n) is 16.2. The number of likely N-dealkylation sites (N-methyl/N-ethyl adjacent to an activating group) is 1. The van der Waals surface area contributed by atoms with Crippen molar-refractivity contribution in [1.29, 1.82) is 0 Å². The number of rotatable bonds is 5. The molecule has 1 atom stereocenters. The number of carbonyl (C=O) groups is 1. The van der Waals surface area contributed by atoms with E-state index in [0.717, 1.165) is 29.9 Å². The van der Waals surface area contributed by atoms with E-state index in [9.17, 15) is 4.79 Å². The van der Waals surface area contributed by atoms with Gasteiger partial charge in [0.2, 0.25) is 5.91 Å². The Morgan fingerprint density at radius 2 is 1.81 bits per heavy atom. The predicted octanol–water partition coefficient (Wildman–Crippen LogP) is 2.59. The molecule has 2 fully saturated rings. The average molecular weight is 436 g/mol. The molecule has 1 unspecified atom stereocenters. The summed E-state index contributed by atoms with van der Waals surface area (Å²) in [6.45, 7) is 2.14. The van der Waals surface area contributed by atoms with Gasteiger partial charge in [-0.15, -0.1) is 0 Å². The highest BCUT2D eigenvalue weighted by Gasteiger charge is 2.25. The van der Waals surface area contributed by atoms with Crippen LogP contribution in [0.25, 0.3) is 0 Å². The second-order valence-electron chi connectivity index (χ2n) is 7.63. The molecule has 0 bridgehead atoms. The van der Waals surface area contributed by atoms with Gasteiger partial charge in [-0.05, 0) is 43.5 Å². The van der Waals surface area contributed by atoms with Gasteiger partial charge in [-0.25, -0.2) is 4.99 Å². The number of hydrogen-bond acceptors (Lipinski definition) is 3. The fourth-order valence-corrected chi connectivity index (χ4v) is 3.91. The molecule has 2 aliphatic rings. The molecule has 7 heteroatoms. The molecule has 1 heterocycles. The third kappa shape index (κ3) is 5.86. The standard InChI is InChI=1S/C20H30BrN5O/c1-25(2)19(27)13-22-20(23-16-5-3-4-6-16)24-17-11-12-26(14-17)18-9-7-15(21)8-10-18/h7-10,16-17H,3-6,11-14H2,1-2H3,(H2,22,23,24). The van der Waals surface area contributed by atoms with Crippen LogP contribution in [-0.2, 0) is 4.79 Å². The Bertz CT molecular complexity index is 655. The second-order valence-corrected chi connectivity index (χ2v) is 8.55. The van der Waals surface area contributed by atoms with Crippen molar-refractivity contribution in [2.45, 2.75) is 44.2 Å². The maximum absolute atomic E-state index is 11.9. The maximum atomic E-state index is 11.9. The van der Waals surface area contributed by atoms with Crippen molar-refractivity contribution in [3.8, 4) is 0 Å². The number of amides is 1. The molecule has 0 spiro atoms. The molecule has 1 aromatic carbocycles. The molecule has 1 aliphatic carbocycles. The number of halogens is 1. The Balaban J connectivity index is 1.60. The van der Waals surface area contributed by atoms with Crippen LogP contribution in [-0.4, -0.2) is 62.6 Å². The van der Waals surface area contributed by atoms with E-state index in [1.807, 2.05) is 0 Å². The highest BCUT2D eigenvalue weighted by atomic mass is 79.9. The van der Waals surface area contributed by atoms with Gasteiger partial charge in [-0.1, -0.05) is 28.8 Å². The van der Waals surface area contributed by atoms with Crippen molar-refractivity contribution in [2.24, 2.45) is 4.99 Å². The minimum atomic E-state index is 0.0189. The van der Waals surface area contributed by atoms with E-state index < -0.39 is 0 Å². The van der Waals surface area contributed by atoms with Crippen LogP contribution in [0.5, 0.6) is 0 Å². The van der Waals surface area contributed by atoms with E-state index in [2.05, 4.69) is 60.7 Å². The van der Waals surface area contributed by atoms with Crippen LogP contribution >= 0.6 is 15.9 Å². The van der Waals surface area contributed by atoms with Crippen LogP contribution in [0.15, 0.2) is 33.7 Å². The molecule has 3 rings (SSSR count). The summed E-state index contributed by atoms with van der Waals surface area (Å²) in [4.78, 5) is 20.5. The number of aliphatic imine (C=N–C) groups is 1. The minimum absolute atomic E-state index is 0.0189. The maximum Gasteiger partial charge on any atom is 0.243 e. The van der Waals surface area contributed by atoms with Gasteiger partial charge in [0.1, 0.15) is 6.54 Å². The predicted molar refractivity (Wildman–Crippen MR) is 114 cm³/mol. The monoisotopic (exact) mass is 435 g/mol. The first kappa shape index (κ1) is 20.0. The fourth-order valence-electron chi connectivity index (χ4n) is 3.64. The smallest absolute Gasteiger partial charge is 0.243 e. The van der Waals surface area contributed by atoms with Crippen molar-refractivity contribution < 1.29 is 4.79 Å². The van der Waals surface area contributed by atoms with Crippen molar-refractivity contribution in [2.75, 3.05) is 38.6 Å². The van der Waals surface area contributed by atoms with E-state index in [4.69, 9.17) is 0 Å². The largest absolute Gasteiger partial charge is 0.369 e. The minimum Gasteiger partial charge on any atom is -0.369 e. The van der Waals surface area contributed by atoms with Gasteiger partial charge in [0.15, 0.2) is 5.96 Å². The Kier molecular flexibility index (Phi) is 6.99. The summed E-state index contributed by atoms with van der Waals surface area (Å²) >= 11 is 3.49. The summed E-state index contributed by atoms with van der Waals surface area (Å²) in [6.07, 6.45) is 5.95. The number of hydrogen-bond donors (Lipinski definition) is 2. The topological polar surface area (TPSA) is 60.0 Å². The van der Waals surface area contributed by atoms with Gasteiger partial charge in [0.05, 0.1) is 0 Å². The lowest BCUT2D eigenvalue weighted by atomic mass is 10.2. The van der Waals surface area contributed by atoms with Crippen molar-refractivity contribution >= 4 is 33.5 Å². The normalized spacial score (nSPS) is 20.8. The molecule has 6 nitrogen and oxygen atoms in total. The number of benzene rings is 1. The first-order valence-electron chi connectivity index (χ1n) is 9.79. The molecule has 1 aliphatic heterocycles. The quantitative estimate of drug-likeness (QED) is 0.551. The van der Waals surface area contributed by atoms with Crippen molar-refractivity contribution in [3.63, 3.8) is 0 Å². The van der Waals surface area contributed by atoms with Gasteiger partial charge in [-0.3, -0.25) is 4.79 Å². The van der Waals surface area contributed by atoms with Crippen molar-refractivity contribution in [1.82, 2.24) is 15.5 Å². The van der Waals surface area contributed by atoms with E-state index in [-0.39, 0.29) is 12.5 Å².